The van der Waals surface area contributed by atoms with Gasteiger partial charge in [0.1, 0.15) is 11.5 Å². The van der Waals surface area contributed by atoms with Crippen molar-refractivity contribution in [3.63, 3.8) is 0 Å². The van der Waals surface area contributed by atoms with Crippen LogP contribution >= 0.6 is 11.8 Å². The molecule has 0 spiro atoms. The number of thioether (sulfide) groups is 1. The molecule has 0 N–H and O–H groups in total. The van der Waals surface area contributed by atoms with E-state index < -0.39 is 0 Å². The first-order valence-electron chi connectivity index (χ1n) is 11.2. The molecule has 0 saturated carbocycles. The van der Waals surface area contributed by atoms with Gasteiger partial charge in [0.25, 0.3) is 5.56 Å². The number of morpholine rings is 1. The van der Waals surface area contributed by atoms with Crippen molar-refractivity contribution in [3.8, 4) is 11.4 Å². The van der Waals surface area contributed by atoms with Crippen molar-refractivity contribution in [2.45, 2.75) is 24.4 Å². The van der Waals surface area contributed by atoms with Gasteiger partial charge >= 0.3 is 0 Å². The van der Waals surface area contributed by atoms with Crippen LogP contribution in [-0.2, 0) is 17.0 Å². The zero-order chi connectivity index (χ0) is 23.5. The smallest absolute Gasteiger partial charge is 0.258 e. The van der Waals surface area contributed by atoms with Crippen LogP contribution in [0, 0.1) is 12.7 Å². The molecule has 1 aliphatic rings. The molecule has 5 rings (SSSR count). The Balaban J connectivity index is 1.41. The minimum atomic E-state index is -0.290. The second-order valence-electron chi connectivity index (χ2n) is 8.18. The third-order valence-electron chi connectivity index (χ3n) is 5.85. The lowest BCUT2D eigenvalue weighted by Crippen LogP contribution is -2.38. The second-order valence-corrected chi connectivity index (χ2v) is 9.12. The maximum atomic E-state index is 13.5. The quantitative estimate of drug-likeness (QED) is 0.376. The summed E-state index contributed by atoms with van der Waals surface area (Å²) in [4.78, 5) is 19.6. The van der Waals surface area contributed by atoms with Crippen molar-refractivity contribution in [2.24, 2.45) is 0 Å². The minimum Gasteiger partial charge on any atom is -0.379 e. The Morgan fingerprint density at radius 3 is 2.68 bits per heavy atom. The highest BCUT2D eigenvalue weighted by Gasteiger charge is 2.18. The third kappa shape index (κ3) is 4.89. The minimum absolute atomic E-state index is 0.106. The Bertz CT molecular complexity index is 1350. The molecular weight excluding hydrogens is 455 g/mol. The van der Waals surface area contributed by atoms with Gasteiger partial charge < -0.3 is 9.30 Å². The normalized spacial score (nSPS) is 14.6. The Kier molecular flexibility index (Phi) is 6.70. The fourth-order valence-electron chi connectivity index (χ4n) is 4.00. The van der Waals surface area contributed by atoms with E-state index >= 15 is 0 Å². The number of halogens is 1. The zero-order valence-electron chi connectivity index (χ0n) is 18.9. The Hall–Kier alpha value is -3.08. The number of benzene rings is 1. The fraction of sp³-hybridized carbons (Fsp3) is 0.333. The summed E-state index contributed by atoms with van der Waals surface area (Å²) in [6.07, 6.45) is 1.73. The van der Waals surface area contributed by atoms with Gasteiger partial charge in [-0.3, -0.25) is 14.1 Å². The molecule has 0 amide bonds. The van der Waals surface area contributed by atoms with Gasteiger partial charge in [0.05, 0.1) is 18.9 Å². The van der Waals surface area contributed by atoms with E-state index in [-0.39, 0.29) is 11.4 Å². The van der Waals surface area contributed by atoms with Crippen molar-refractivity contribution < 1.29 is 9.13 Å². The van der Waals surface area contributed by atoms with Gasteiger partial charge in [-0.2, -0.15) is 0 Å². The Labute approximate surface area is 200 Å². The van der Waals surface area contributed by atoms with Crippen molar-refractivity contribution in [3.05, 3.63) is 76.1 Å². The molecule has 1 fully saturated rings. The first-order valence-corrected chi connectivity index (χ1v) is 12.2. The van der Waals surface area contributed by atoms with E-state index in [2.05, 4.69) is 19.7 Å². The summed E-state index contributed by atoms with van der Waals surface area (Å²) in [5.74, 6) is 0.888. The molecule has 1 saturated heterocycles. The van der Waals surface area contributed by atoms with Crippen LogP contribution in [0.4, 0.5) is 4.39 Å². The molecule has 1 aliphatic heterocycles. The molecule has 10 heteroatoms. The van der Waals surface area contributed by atoms with Crippen molar-refractivity contribution in [1.82, 2.24) is 29.0 Å². The molecule has 8 nitrogen and oxygen atoms in total. The summed E-state index contributed by atoms with van der Waals surface area (Å²) in [7, 11) is 0. The van der Waals surface area contributed by atoms with Crippen LogP contribution in [0.5, 0.6) is 0 Å². The van der Waals surface area contributed by atoms with Crippen LogP contribution in [0.15, 0.2) is 58.6 Å². The van der Waals surface area contributed by atoms with Gasteiger partial charge in [-0.15, -0.1) is 10.2 Å². The van der Waals surface area contributed by atoms with Crippen LogP contribution in [0.3, 0.4) is 0 Å². The molecule has 3 aromatic heterocycles. The van der Waals surface area contributed by atoms with Crippen LogP contribution < -0.4 is 5.56 Å². The van der Waals surface area contributed by atoms with Crippen LogP contribution in [-0.4, -0.2) is 61.9 Å². The van der Waals surface area contributed by atoms with Crippen molar-refractivity contribution in [2.75, 3.05) is 32.8 Å². The molecule has 0 radical (unpaired) electrons. The first kappa shape index (κ1) is 22.7. The lowest BCUT2D eigenvalue weighted by molar-refractivity contribution is 0.0361. The maximum absolute atomic E-state index is 13.5. The van der Waals surface area contributed by atoms with Gasteiger partial charge in [-0.25, -0.2) is 9.37 Å². The topological polar surface area (TPSA) is 77.6 Å². The number of ether oxygens (including phenoxy) is 1. The number of aryl methyl sites for hydroxylation is 1. The molecule has 4 aromatic rings. The van der Waals surface area contributed by atoms with E-state index in [1.807, 2.05) is 19.1 Å². The van der Waals surface area contributed by atoms with E-state index in [9.17, 15) is 9.18 Å². The SMILES string of the molecule is Cc1cccn2c(=O)cc(CSc3nnc(-c4ccc(F)cc4)n3CCN3CCOCC3)nc12. The lowest BCUT2D eigenvalue weighted by Gasteiger charge is -2.27. The number of fused-ring (bicyclic) bond motifs is 1. The molecule has 1 aromatic carbocycles. The number of nitrogens with zero attached hydrogens (tertiary/aromatic N) is 6. The van der Waals surface area contributed by atoms with Crippen LogP contribution in [0.25, 0.3) is 17.0 Å². The summed E-state index contributed by atoms with van der Waals surface area (Å²) >= 11 is 1.49. The average molecular weight is 481 g/mol. The number of pyridine rings is 1. The highest BCUT2D eigenvalue weighted by Crippen LogP contribution is 2.26. The first-order chi connectivity index (χ1) is 16.6. The Morgan fingerprint density at radius 2 is 1.88 bits per heavy atom. The highest BCUT2D eigenvalue weighted by molar-refractivity contribution is 7.98. The predicted octanol–water partition coefficient (Wildman–Crippen LogP) is 3.03. The van der Waals surface area contributed by atoms with Crippen molar-refractivity contribution >= 4 is 17.4 Å². The van der Waals surface area contributed by atoms with Crippen molar-refractivity contribution in [1.29, 1.82) is 0 Å². The highest BCUT2D eigenvalue weighted by atomic mass is 32.2. The lowest BCUT2D eigenvalue weighted by atomic mass is 10.2. The van der Waals surface area contributed by atoms with E-state index in [0.29, 0.717) is 29.5 Å². The molecule has 0 atom stereocenters. The molecule has 4 heterocycles. The maximum Gasteiger partial charge on any atom is 0.258 e. The monoisotopic (exact) mass is 480 g/mol. The number of aromatic nitrogens is 5. The standard InChI is InChI=1S/C24H25FN6O2S/c1-17-3-2-8-30-21(32)15-20(26-22(17)30)16-34-24-28-27-23(18-4-6-19(25)7-5-18)31(24)10-9-29-11-13-33-14-12-29/h2-8,15H,9-14,16H2,1H3. The molecular formula is C24H25FN6O2S. The van der Waals surface area contributed by atoms with Crippen LogP contribution in [0.2, 0.25) is 0 Å². The molecule has 0 unspecified atom stereocenters. The average Bonchev–Trinajstić information content (AvgIpc) is 3.26. The molecule has 176 valence electrons. The fourth-order valence-corrected chi connectivity index (χ4v) is 4.85. The number of rotatable bonds is 7. The molecule has 34 heavy (non-hydrogen) atoms. The van der Waals surface area contributed by atoms with Gasteiger partial charge in [0.2, 0.25) is 0 Å². The summed E-state index contributed by atoms with van der Waals surface area (Å²) < 4.78 is 22.6. The largest absolute Gasteiger partial charge is 0.379 e. The predicted molar refractivity (Wildman–Crippen MR) is 128 cm³/mol. The summed E-state index contributed by atoms with van der Waals surface area (Å²) in [5.41, 5.74) is 2.99. The number of hydrogen-bond acceptors (Lipinski definition) is 7. The third-order valence-corrected chi connectivity index (χ3v) is 6.85. The van der Waals surface area contributed by atoms with E-state index in [1.54, 1.807) is 28.8 Å². The van der Waals surface area contributed by atoms with Gasteiger partial charge in [0.15, 0.2) is 11.0 Å². The Morgan fingerprint density at radius 1 is 1.09 bits per heavy atom. The van der Waals surface area contributed by atoms with Gasteiger partial charge in [-0.1, -0.05) is 17.8 Å². The summed E-state index contributed by atoms with van der Waals surface area (Å²) in [6, 6.07) is 11.6. The molecule has 0 bridgehead atoms. The number of hydrogen-bond donors (Lipinski definition) is 0. The van der Waals surface area contributed by atoms with E-state index in [1.165, 1.54) is 23.9 Å². The van der Waals surface area contributed by atoms with Gasteiger partial charge in [-0.05, 0) is 42.8 Å². The van der Waals surface area contributed by atoms with E-state index in [4.69, 9.17) is 9.72 Å². The molecule has 0 aliphatic carbocycles. The van der Waals surface area contributed by atoms with Crippen LogP contribution in [0.1, 0.15) is 11.3 Å². The summed E-state index contributed by atoms with van der Waals surface area (Å²) in [6.45, 7) is 6.71. The van der Waals surface area contributed by atoms with E-state index in [0.717, 1.165) is 49.1 Å². The summed E-state index contributed by atoms with van der Waals surface area (Å²) in [5, 5.41) is 9.57. The zero-order valence-corrected chi connectivity index (χ0v) is 19.7. The van der Waals surface area contributed by atoms with Gasteiger partial charge in [0, 0.05) is 49.8 Å². The second kappa shape index (κ2) is 10.0.